The lowest BCUT2D eigenvalue weighted by molar-refractivity contribution is 0.0697. The molecule has 1 heterocycles. The highest BCUT2D eigenvalue weighted by molar-refractivity contribution is 5.95. The largest absolute Gasteiger partial charge is 0.478 e. The molecule has 7 heteroatoms. The monoisotopic (exact) mass is 267 g/mol. The fourth-order valence-corrected chi connectivity index (χ4v) is 1.67. The summed E-state index contributed by atoms with van der Waals surface area (Å²) in [6.07, 6.45) is 1.47. The van der Waals surface area contributed by atoms with Crippen LogP contribution in [0.25, 0.3) is 11.4 Å². The van der Waals surface area contributed by atoms with Crippen LogP contribution >= 0.6 is 0 Å². The molecule has 0 saturated carbocycles. The lowest BCUT2D eigenvalue weighted by Gasteiger charge is -2.03. The van der Waals surface area contributed by atoms with Gasteiger partial charge in [-0.25, -0.2) is 18.6 Å². The van der Waals surface area contributed by atoms with Gasteiger partial charge in [-0.1, -0.05) is 6.92 Å². The predicted molar refractivity (Wildman–Crippen MR) is 62.7 cm³/mol. The van der Waals surface area contributed by atoms with Crippen molar-refractivity contribution in [1.82, 2.24) is 15.2 Å². The summed E-state index contributed by atoms with van der Waals surface area (Å²) in [5.41, 5.74) is -0.425. The van der Waals surface area contributed by atoms with Crippen LogP contribution in [0.5, 0.6) is 0 Å². The van der Waals surface area contributed by atoms with E-state index < -0.39 is 17.6 Å². The van der Waals surface area contributed by atoms with Crippen LogP contribution in [0, 0.1) is 11.6 Å². The summed E-state index contributed by atoms with van der Waals surface area (Å²) in [6.45, 7) is 1.95. The van der Waals surface area contributed by atoms with Crippen molar-refractivity contribution >= 4 is 5.97 Å². The van der Waals surface area contributed by atoms with Gasteiger partial charge in [-0.2, -0.15) is 5.10 Å². The number of nitrogens with zero attached hydrogens (tertiary/aromatic N) is 2. The number of aromatic carboxylic acids is 1. The van der Waals surface area contributed by atoms with Crippen LogP contribution in [0.2, 0.25) is 0 Å². The quantitative estimate of drug-likeness (QED) is 0.891. The van der Waals surface area contributed by atoms with Gasteiger partial charge >= 0.3 is 5.97 Å². The first-order chi connectivity index (χ1) is 9.02. The average molecular weight is 267 g/mol. The van der Waals surface area contributed by atoms with Crippen molar-refractivity contribution in [3.05, 3.63) is 35.2 Å². The number of rotatable bonds is 4. The number of hydrogen-bond acceptors (Lipinski definition) is 3. The van der Waals surface area contributed by atoms with Crippen molar-refractivity contribution in [2.75, 3.05) is 0 Å². The highest BCUT2D eigenvalue weighted by Gasteiger charge is 2.19. The summed E-state index contributed by atoms with van der Waals surface area (Å²) in [4.78, 5) is 15.1. The molecule has 100 valence electrons. The van der Waals surface area contributed by atoms with E-state index in [4.69, 9.17) is 5.11 Å². The molecule has 0 radical (unpaired) electrons. The topological polar surface area (TPSA) is 78.9 Å². The first-order valence-corrected chi connectivity index (χ1v) is 5.67. The van der Waals surface area contributed by atoms with Crippen molar-refractivity contribution in [3.8, 4) is 11.4 Å². The Labute approximate surface area is 107 Å². The molecular weight excluding hydrogens is 256 g/mol. The van der Waals surface area contributed by atoms with E-state index in [9.17, 15) is 13.6 Å². The van der Waals surface area contributed by atoms with Gasteiger partial charge in [-0.3, -0.25) is 5.10 Å². The Morgan fingerprint density at radius 1 is 1.37 bits per heavy atom. The summed E-state index contributed by atoms with van der Waals surface area (Å²) in [5.74, 6) is -3.11. The van der Waals surface area contributed by atoms with Gasteiger partial charge in [-0.15, -0.1) is 0 Å². The molecule has 0 atom stereocenters. The fourth-order valence-electron chi connectivity index (χ4n) is 1.67. The molecular formula is C12H11F2N3O2. The number of carboxylic acids is 1. The van der Waals surface area contributed by atoms with E-state index in [-0.39, 0.29) is 17.0 Å². The Balaban J connectivity index is 2.53. The first-order valence-electron chi connectivity index (χ1n) is 5.67. The maximum Gasteiger partial charge on any atom is 0.336 e. The molecule has 1 aromatic heterocycles. The molecule has 0 bridgehead atoms. The number of carbonyl (C=O) groups is 1. The minimum atomic E-state index is -1.37. The van der Waals surface area contributed by atoms with Crippen LogP contribution in [0.15, 0.2) is 12.1 Å². The molecule has 2 rings (SSSR count). The molecule has 0 amide bonds. The van der Waals surface area contributed by atoms with Gasteiger partial charge in [0.2, 0.25) is 0 Å². The number of nitrogens with one attached hydrogen (secondary N) is 1. The Bertz CT molecular complexity index is 625. The molecule has 0 saturated heterocycles. The van der Waals surface area contributed by atoms with Gasteiger partial charge < -0.3 is 5.11 Å². The van der Waals surface area contributed by atoms with Crippen molar-refractivity contribution in [2.45, 2.75) is 19.8 Å². The summed E-state index contributed by atoms with van der Waals surface area (Å²) in [6, 6.07) is 1.42. The van der Waals surface area contributed by atoms with Gasteiger partial charge in [0.1, 0.15) is 5.82 Å². The highest BCUT2D eigenvalue weighted by Crippen LogP contribution is 2.23. The maximum atomic E-state index is 13.2. The minimum absolute atomic E-state index is 0.0414. The molecule has 2 aromatic rings. The predicted octanol–water partition coefficient (Wildman–Crippen LogP) is 2.40. The SMILES string of the molecule is CCCc1nc(-c2cc(F)c(F)cc2C(=O)O)n[nH]1. The fraction of sp³-hybridized carbons (Fsp3) is 0.250. The molecule has 0 aliphatic carbocycles. The number of benzene rings is 1. The van der Waals surface area contributed by atoms with Crippen LogP contribution in [0.4, 0.5) is 8.78 Å². The molecule has 1 aromatic carbocycles. The number of hydrogen-bond donors (Lipinski definition) is 2. The van der Waals surface area contributed by atoms with E-state index in [1.165, 1.54) is 0 Å². The lowest BCUT2D eigenvalue weighted by Crippen LogP contribution is -2.03. The van der Waals surface area contributed by atoms with Crippen molar-refractivity contribution < 1.29 is 18.7 Å². The van der Waals surface area contributed by atoms with E-state index >= 15 is 0 Å². The van der Waals surface area contributed by atoms with E-state index in [1.807, 2.05) is 6.92 Å². The van der Waals surface area contributed by atoms with Crippen LogP contribution in [0.3, 0.4) is 0 Å². The highest BCUT2D eigenvalue weighted by atomic mass is 19.2. The van der Waals surface area contributed by atoms with Crippen molar-refractivity contribution in [1.29, 1.82) is 0 Å². The second-order valence-electron chi connectivity index (χ2n) is 3.97. The molecule has 0 spiro atoms. The number of carboxylic acid groups (broad SMARTS) is 1. The maximum absolute atomic E-state index is 13.2. The van der Waals surface area contributed by atoms with E-state index in [2.05, 4.69) is 15.2 Å². The van der Waals surface area contributed by atoms with Gasteiger partial charge in [0.25, 0.3) is 0 Å². The van der Waals surface area contributed by atoms with Crippen molar-refractivity contribution in [3.63, 3.8) is 0 Å². The molecule has 0 unspecified atom stereocenters. The normalized spacial score (nSPS) is 10.7. The Morgan fingerprint density at radius 3 is 2.68 bits per heavy atom. The van der Waals surface area contributed by atoms with Gasteiger partial charge in [0.05, 0.1) is 5.56 Å². The zero-order valence-corrected chi connectivity index (χ0v) is 10.1. The van der Waals surface area contributed by atoms with Crippen LogP contribution in [-0.4, -0.2) is 26.3 Å². The second kappa shape index (κ2) is 5.13. The molecule has 0 fully saturated rings. The van der Waals surface area contributed by atoms with Gasteiger partial charge in [0, 0.05) is 12.0 Å². The van der Waals surface area contributed by atoms with Gasteiger partial charge in [0.15, 0.2) is 17.5 Å². The zero-order chi connectivity index (χ0) is 14.0. The second-order valence-corrected chi connectivity index (χ2v) is 3.97. The smallest absolute Gasteiger partial charge is 0.336 e. The van der Waals surface area contributed by atoms with Crippen LogP contribution < -0.4 is 0 Å². The number of aromatic amines is 1. The summed E-state index contributed by atoms with van der Waals surface area (Å²) in [7, 11) is 0. The molecule has 0 aliphatic rings. The number of H-pyrrole nitrogens is 1. The number of halogens is 2. The zero-order valence-electron chi connectivity index (χ0n) is 10.1. The third kappa shape index (κ3) is 2.59. The van der Waals surface area contributed by atoms with Crippen LogP contribution in [-0.2, 0) is 6.42 Å². The van der Waals surface area contributed by atoms with Crippen molar-refractivity contribution in [2.24, 2.45) is 0 Å². The number of aromatic nitrogens is 3. The van der Waals surface area contributed by atoms with Crippen LogP contribution in [0.1, 0.15) is 29.5 Å². The Kier molecular flexibility index (Phi) is 3.55. The molecule has 0 aliphatic heterocycles. The molecule has 5 nitrogen and oxygen atoms in total. The summed E-state index contributed by atoms with van der Waals surface area (Å²) in [5, 5.41) is 15.5. The lowest BCUT2D eigenvalue weighted by atomic mass is 10.1. The number of aryl methyl sites for hydroxylation is 1. The van der Waals surface area contributed by atoms with E-state index in [0.717, 1.165) is 12.5 Å². The Morgan fingerprint density at radius 2 is 2.05 bits per heavy atom. The summed E-state index contributed by atoms with van der Waals surface area (Å²) < 4.78 is 26.3. The standard InChI is InChI=1S/C12H11F2N3O2/c1-2-3-10-15-11(17-16-10)6-4-8(13)9(14)5-7(6)12(18)19/h4-5H,2-3H2,1H3,(H,18,19)(H,15,16,17). The van der Waals surface area contributed by atoms with Gasteiger partial charge in [-0.05, 0) is 18.6 Å². The molecule has 2 N–H and O–H groups in total. The summed E-state index contributed by atoms with van der Waals surface area (Å²) >= 11 is 0. The minimum Gasteiger partial charge on any atom is -0.478 e. The third-order valence-corrected chi connectivity index (χ3v) is 2.55. The Hall–Kier alpha value is -2.31. The average Bonchev–Trinajstić information content (AvgIpc) is 2.81. The van der Waals surface area contributed by atoms with E-state index in [0.29, 0.717) is 18.3 Å². The molecule has 19 heavy (non-hydrogen) atoms. The van der Waals surface area contributed by atoms with E-state index in [1.54, 1.807) is 0 Å². The third-order valence-electron chi connectivity index (χ3n) is 2.55. The first kappa shape index (κ1) is 13.1.